The van der Waals surface area contributed by atoms with Crippen molar-refractivity contribution in [1.29, 1.82) is 0 Å². The molecular formula is C15H22Cl2N2. The minimum Gasteiger partial charge on any atom is -0.344 e. The molecule has 0 bridgehead atoms. The Bertz CT molecular complexity index is 455. The molecule has 0 aromatic heterocycles. The Labute approximate surface area is 127 Å². The second kappa shape index (κ2) is 7.16. The zero-order valence-corrected chi connectivity index (χ0v) is 13.3. The van der Waals surface area contributed by atoms with Gasteiger partial charge in [-0.3, -0.25) is 4.99 Å². The number of hydrogen-bond donors (Lipinski definition) is 1. The third-order valence-corrected chi connectivity index (χ3v) is 3.75. The van der Waals surface area contributed by atoms with E-state index in [4.69, 9.17) is 16.6 Å². The number of hydrogen-bond acceptors (Lipinski definition) is 2. The van der Waals surface area contributed by atoms with Crippen molar-refractivity contribution in [3.8, 4) is 0 Å². The van der Waals surface area contributed by atoms with Crippen molar-refractivity contribution >= 4 is 35.5 Å². The number of aliphatic imine (C=N–C) groups is 1. The highest BCUT2D eigenvalue weighted by Crippen LogP contribution is 2.26. The van der Waals surface area contributed by atoms with Crippen LogP contribution in [0.25, 0.3) is 0 Å². The average Bonchev–Trinajstić information content (AvgIpc) is 2.71. The molecule has 1 aromatic carbocycles. The van der Waals surface area contributed by atoms with Crippen LogP contribution in [0.1, 0.15) is 38.7 Å². The van der Waals surface area contributed by atoms with E-state index in [-0.39, 0.29) is 12.4 Å². The van der Waals surface area contributed by atoms with Gasteiger partial charge in [-0.15, -0.1) is 12.4 Å². The Kier molecular flexibility index (Phi) is 6.15. The van der Waals surface area contributed by atoms with Gasteiger partial charge in [-0.1, -0.05) is 31.5 Å². The van der Waals surface area contributed by atoms with E-state index in [0.717, 1.165) is 28.5 Å². The van der Waals surface area contributed by atoms with Gasteiger partial charge in [0.2, 0.25) is 0 Å². The van der Waals surface area contributed by atoms with Crippen LogP contribution >= 0.6 is 24.0 Å². The van der Waals surface area contributed by atoms with Crippen LogP contribution in [0.15, 0.2) is 23.2 Å². The Balaban J connectivity index is 0.00000180. The van der Waals surface area contributed by atoms with Gasteiger partial charge in [0.25, 0.3) is 0 Å². The predicted molar refractivity (Wildman–Crippen MR) is 87.0 cm³/mol. The molecule has 4 heteroatoms. The van der Waals surface area contributed by atoms with Gasteiger partial charge in [0.1, 0.15) is 5.84 Å². The Morgan fingerprint density at radius 1 is 1.42 bits per heavy atom. The smallest absolute Gasteiger partial charge is 0.101 e. The third kappa shape index (κ3) is 4.39. The summed E-state index contributed by atoms with van der Waals surface area (Å²) < 4.78 is 0. The summed E-state index contributed by atoms with van der Waals surface area (Å²) in [5, 5.41) is 4.22. The second-order valence-electron chi connectivity index (χ2n) is 5.44. The molecule has 106 valence electrons. The summed E-state index contributed by atoms with van der Waals surface area (Å²) in [6, 6.07) is 6.44. The van der Waals surface area contributed by atoms with E-state index >= 15 is 0 Å². The van der Waals surface area contributed by atoms with Crippen LogP contribution in [0.2, 0.25) is 5.02 Å². The highest BCUT2D eigenvalue weighted by Gasteiger charge is 2.18. The zero-order chi connectivity index (χ0) is 13.1. The SMILES string of the molecule is Cc1c(Cl)cccc1NC1=NC(CC(C)C)CC1.Cl. The lowest BCUT2D eigenvalue weighted by molar-refractivity contribution is 0.496. The highest BCUT2D eigenvalue weighted by molar-refractivity contribution is 6.31. The molecule has 0 fully saturated rings. The number of amidine groups is 1. The van der Waals surface area contributed by atoms with Crippen molar-refractivity contribution in [1.82, 2.24) is 0 Å². The van der Waals surface area contributed by atoms with Crippen molar-refractivity contribution in [3.63, 3.8) is 0 Å². The summed E-state index contributed by atoms with van der Waals surface area (Å²) in [4.78, 5) is 4.76. The molecule has 19 heavy (non-hydrogen) atoms. The normalized spacial score (nSPS) is 18.2. The molecule has 1 aromatic rings. The lowest BCUT2D eigenvalue weighted by Gasteiger charge is -2.10. The molecule has 1 atom stereocenters. The summed E-state index contributed by atoms with van der Waals surface area (Å²) in [7, 11) is 0. The predicted octanol–water partition coefficient (Wildman–Crippen LogP) is 5.09. The maximum Gasteiger partial charge on any atom is 0.101 e. The van der Waals surface area contributed by atoms with Gasteiger partial charge in [-0.2, -0.15) is 0 Å². The first kappa shape index (κ1) is 16.3. The fraction of sp³-hybridized carbons (Fsp3) is 0.533. The monoisotopic (exact) mass is 300 g/mol. The van der Waals surface area contributed by atoms with Crippen molar-refractivity contribution in [3.05, 3.63) is 28.8 Å². The number of nitrogens with zero attached hydrogens (tertiary/aromatic N) is 1. The van der Waals surface area contributed by atoms with E-state index in [1.165, 1.54) is 12.8 Å². The van der Waals surface area contributed by atoms with E-state index in [1.54, 1.807) is 0 Å². The molecule has 0 saturated heterocycles. The van der Waals surface area contributed by atoms with Crippen LogP contribution < -0.4 is 5.32 Å². The Morgan fingerprint density at radius 3 is 2.84 bits per heavy atom. The maximum atomic E-state index is 6.12. The van der Waals surface area contributed by atoms with Crippen LogP contribution in [0.5, 0.6) is 0 Å². The van der Waals surface area contributed by atoms with Crippen molar-refractivity contribution in [2.24, 2.45) is 10.9 Å². The molecule has 2 nitrogen and oxygen atoms in total. The molecule has 0 aliphatic carbocycles. The molecule has 1 heterocycles. The lowest BCUT2D eigenvalue weighted by Crippen LogP contribution is -2.09. The zero-order valence-electron chi connectivity index (χ0n) is 11.7. The van der Waals surface area contributed by atoms with E-state index in [1.807, 2.05) is 19.1 Å². The topological polar surface area (TPSA) is 24.4 Å². The lowest BCUT2D eigenvalue weighted by atomic mass is 10.0. The molecule has 0 spiro atoms. The van der Waals surface area contributed by atoms with Gasteiger partial charge in [-0.05, 0) is 43.4 Å². The number of nitrogens with one attached hydrogen (secondary N) is 1. The fourth-order valence-corrected chi connectivity index (χ4v) is 2.54. The number of rotatable bonds is 3. The molecule has 0 saturated carbocycles. The van der Waals surface area contributed by atoms with Crippen LogP contribution in [-0.2, 0) is 0 Å². The van der Waals surface area contributed by atoms with Gasteiger partial charge in [0, 0.05) is 17.1 Å². The Morgan fingerprint density at radius 2 is 2.16 bits per heavy atom. The molecule has 0 amide bonds. The summed E-state index contributed by atoms with van der Waals surface area (Å²) in [5.74, 6) is 1.82. The first-order valence-corrected chi connectivity index (χ1v) is 7.03. The van der Waals surface area contributed by atoms with Crippen LogP contribution in [-0.4, -0.2) is 11.9 Å². The molecule has 1 aliphatic rings. The van der Waals surface area contributed by atoms with Crippen molar-refractivity contribution < 1.29 is 0 Å². The van der Waals surface area contributed by atoms with Gasteiger partial charge in [-0.25, -0.2) is 0 Å². The largest absolute Gasteiger partial charge is 0.344 e. The summed E-state index contributed by atoms with van der Waals surface area (Å²) in [6.07, 6.45) is 3.39. The number of anilines is 1. The van der Waals surface area contributed by atoms with E-state index in [0.29, 0.717) is 12.0 Å². The highest BCUT2D eigenvalue weighted by atomic mass is 35.5. The minimum atomic E-state index is 0. The maximum absolute atomic E-state index is 6.12. The number of benzene rings is 1. The van der Waals surface area contributed by atoms with E-state index in [2.05, 4.69) is 25.2 Å². The molecule has 2 rings (SSSR count). The van der Waals surface area contributed by atoms with E-state index < -0.39 is 0 Å². The number of halogens is 2. The van der Waals surface area contributed by atoms with Gasteiger partial charge in [0.15, 0.2) is 0 Å². The standard InChI is InChI=1S/C15H21ClN2.ClH/c1-10(2)9-12-7-8-15(17-12)18-14-6-4-5-13(16)11(14)3;/h4-6,10,12H,7-9H2,1-3H3,(H,17,18);1H. The molecule has 0 radical (unpaired) electrons. The molecule has 1 aliphatic heterocycles. The first-order chi connectivity index (χ1) is 8.56. The minimum absolute atomic E-state index is 0. The van der Waals surface area contributed by atoms with Crippen LogP contribution in [0.3, 0.4) is 0 Å². The molecular weight excluding hydrogens is 279 g/mol. The summed E-state index contributed by atoms with van der Waals surface area (Å²) in [6.45, 7) is 6.54. The van der Waals surface area contributed by atoms with Gasteiger partial charge in [0.05, 0.1) is 6.04 Å². The Hall–Kier alpha value is -0.730. The van der Waals surface area contributed by atoms with Crippen LogP contribution in [0, 0.1) is 12.8 Å². The summed E-state index contributed by atoms with van der Waals surface area (Å²) >= 11 is 6.12. The summed E-state index contributed by atoms with van der Waals surface area (Å²) in [5.41, 5.74) is 2.17. The van der Waals surface area contributed by atoms with Crippen molar-refractivity contribution in [2.75, 3.05) is 5.32 Å². The average molecular weight is 301 g/mol. The van der Waals surface area contributed by atoms with Gasteiger partial charge >= 0.3 is 0 Å². The van der Waals surface area contributed by atoms with E-state index in [9.17, 15) is 0 Å². The van der Waals surface area contributed by atoms with Crippen LogP contribution in [0.4, 0.5) is 5.69 Å². The molecule has 1 unspecified atom stereocenters. The third-order valence-electron chi connectivity index (χ3n) is 3.34. The second-order valence-corrected chi connectivity index (χ2v) is 5.84. The first-order valence-electron chi connectivity index (χ1n) is 6.65. The molecule has 1 N–H and O–H groups in total. The van der Waals surface area contributed by atoms with Gasteiger partial charge < -0.3 is 5.32 Å². The van der Waals surface area contributed by atoms with Crippen molar-refractivity contribution in [2.45, 2.75) is 46.1 Å². The quantitative estimate of drug-likeness (QED) is 0.826. The fourth-order valence-electron chi connectivity index (χ4n) is 2.36.